The van der Waals surface area contributed by atoms with Gasteiger partial charge in [-0.2, -0.15) is 0 Å². The number of sulfonamides is 1. The number of nitrogens with two attached hydrogens (primary N) is 1. The summed E-state index contributed by atoms with van der Waals surface area (Å²) in [6.45, 7) is 4.56. The topological polar surface area (TPSA) is 107 Å². The maximum atomic E-state index is 12.0. The number of ether oxygens (including phenoxy) is 1. The van der Waals surface area contributed by atoms with Gasteiger partial charge in [-0.25, -0.2) is 18.4 Å². The Morgan fingerprint density at radius 3 is 2.50 bits per heavy atom. The first-order chi connectivity index (χ1) is 11.2. The van der Waals surface area contributed by atoms with Crippen LogP contribution in [0, 0.1) is 0 Å². The molecule has 9 heteroatoms. The van der Waals surface area contributed by atoms with Gasteiger partial charge < -0.3 is 9.64 Å². The first kappa shape index (κ1) is 20.4. The molecule has 1 rings (SSSR count). The summed E-state index contributed by atoms with van der Waals surface area (Å²) < 4.78 is 27.8. The average molecular weight is 377 g/mol. The Kier molecular flexibility index (Phi) is 7.65. The molecule has 0 saturated heterocycles. The molecule has 2 N–H and O–H groups in total. The number of nitrogens with zero attached hydrogens (tertiary/aromatic N) is 1. The van der Waals surface area contributed by atoms with Crippen molar-refractivity contribution in [3.63, 3.8) is 0 Å². The van der Waals surface area contributed by atoms with Crippen LogP contribution in [0.3, 0.4) is 0 Å². The van der Waals surface area contributed by atoms with Gasteiger partial charge in [-0.05, 0) is 31.5 Å². The van der Waals surface area contributed by atoms with Crippen molar-refractivity contribution in [2.24, 2.45) is 5.14 Å². The van der Waals surface area contributed by atoms with Crippen molar-refractivity contribution in [2.75, 3.05) is 19.7 Å². The van der Waals surface area contributed by atoms with E-state index >= 15 is 0 Å². The molecule has 0 aliphatic heterocycles. The Balaban J connectivity index is 2.77. The van der Waals surface area contributed by atoms with Crippen LogP contribution in [0.1, 0.15) is 37.0 Å². The molecule has 1 aromatic rings. The van der Waals surface area contributed by atoms with E-state index < -0.39 is 22.6 Å². The van der Waals surface area contributed by atoms with E-state index in [4.69, 9.17) is 21.5 Å². The van der Waals surface area contributed by atoms with Gasteiger partial charge in [0.05, 0.1) is 10.6 Å². The third-order valence-electron chi connectivity index (χ3n) is 3.32. The van der Waals surface area contributed by atoms with Crippen LogP contribution in [-0.2, 0) is 19.6 Å². The predicted octanol–water partition coefficient (Wildman–Crippen LogP) is 1.79. The minimum Gasteiger partial charge on any atom is -0.452 e. The van der Waals surface area contributed by atoms with Crippen LogP contribution in [0.5, 0.6) is 0 Å². The predicted molar refractivity (Wildman–Crippen MR) is 90.3 cm³/mol. The van der Waals surface area contributed by atoms with Crippen molar-refractivity contribution >= 4 is 33.5 Å². The van der Waals surface area contributed by atoms with E-state index in [1.165, 1.54) is 12.1 Å². The van der Waals surface area contributed by atoms with Crippen LogP contribution < -0.4 is 5.14 Å². The Labute approximate surface area is 146 Å². The highest BCUT2D eigenvalue weighted by molar-refractivity contribution is 7.89. The zero-order valence-electron chi connectivity index (χ0n) is 13.6. The monoisotopic (exact) mass is 376 g/mol. The first-order valence-corrected chi connectivity index (χ1v) is 9.40. The number of likely N-dealkylation sites (N-methyl/N-ethyl adjacent to an activating group) is 1. The summed E-state index contributed by atoms with van der Waals surface area (Å²) >= 11 is 5.75. The Hall–Kier alpha value is -1.64. The van der Waals surface area contributed by atoms with E-state index in [0.717, 1.165) is 18.9 Å². The molecule has 0 aliphatic carbocycles. The van der Waals surface area contributed by atoms with Gasteiger partial charge in [0.1, 0.15) is 4.90 Å². The smallest absolute Gasteiger partial charge is 0.338 e. The summed E-state index contributed by atoms with van der Waals surface area (Å²) in [6, 6.07) is 3.57. The van der Waals surface area contributed by atoms with Crippen molar-refractivity contribution in [2.45, 2.75) is 31.6 Å². The molecule has 0 saturated carbocycles. The third kappa shape index (κ3) is 5.77. The number of esters is 1. The fraction of sp³-hybridized carbons (Fsp3) is 0.467. The highest BCUT2D eigenvalue weighted by Crippen LogP contribution is 2.21. The summed E-state index contributed by atoms with van der Waals surface area (Å²) in [6.07, 6.45) is 1.81. The van der Waals surface area contributed by atoms with Gasteiger partial charge in [0.25, 0.3) is 5.91 Å². The van der Waals surface area contributed by atoms with Crippen molar-refractivity contribution in [1.82, 2.24) is 4.90 Å². The molecule has 0 bridgehead atoms. The zero-order valence-corrected chi connectivity index (χ0v) is 15.2. The Bertz CT molecular complexity index is 706. The van der Waals surface area contributed by atoms with E-state index in [1.807, 2.05) is 13.8 Å². The lowest BCUT2D eigenvalue weighted by Gasteiger charge is -2.20. The lowest BCUT2D eigenvalue weighted by atomic mass is 10.2. The molecule has 1 aromatic carbocycles. The van der Waals surface area contributed by atoms with Crippen molar-refractivity contribution in [3.05, 3.63) is 28.8 Å². The molecule has 0 aliphatic rings. The summed E-state index contributed by atoms with van der Waals surface area (Å²) in [4.78, 5) is 25.2. The van der Waals surface area contributed by atoms with Crippen LogP contribution in [0.15, 0.2) is 23.1 Å². The van der Waals surface area contributed by atoms with Gasteiger partial charge in [-0.3, -0.25) is 4.79 Å². The van der Waals surface area contributed by atoms with Crippen molar-refractivity contribution < 1.29 is 22.7 Å². The normalized spacial score (nSPS) is 11.2. The van der Waals surface area contributed by atoms with E-state index in [-0.39, 0.29) is 21.4 Å². The fourth-order valence-electron chi connectivity index (χ4n) is 1.96. The molecule has 0 aromatic heterocycles. The SMILES string of the molecule is CCCCN(CC)C(=O)COC(=O)c1ccc(Cl)c(S(N)(=O)=O)c1. The minimum atomic E-state index is -4.06. The summed E-state index contributed by atoms with van der Waals surface area (Å²) in [5, 5.41) is 4.93. The number of hydrogen-bond donors (Lipinski definition) is 1. The number of benzene rings is 1. The lowest BCUT2D eigenvalue weighted by molar-refractivity contribution is -0.134. The van der Waals surface area contributed by atoms with Crippen LogP contribution in [0.2, 0.25) is 5.02 Å². The largest absolute Gasteiger partial charge is 0.452 e. The fourth-order valence-corrected chi connectivity index (χ4v) is 3.03. The van der Waals surface area contributed by atoms with E-state index in [0.29, 0.717) is 13.1 Å². The number of amides is 1. The van der Waals surface area contributed by atoms with Gasteiger partial charge >= 0.3 is 5.97 Å². The van der Waals surface area contributed by atoms with E-state index in [1.54, 1.807) is 4.90 Å². The van der Waals surface area contributed by atoms with Crippen molar-refractivity contribution in [3.8, 4) is 0 Å². The molecular formula is C15H21ClN2O5S. The maximum Gasteiger partial charge on any atom is 0.338 e. The van der Waals surface area contributed by atoms with E-state index in [2.05, 4.69) is 0 Å². The number of hydrogen-bond acceptors (Lipinski definition) is 5. The first-order valence-electron chi connectivity index (χ1n) is 7.48. The maximum absolute atomic E-state index is 12.0. The molecule has 0 spiro atoms. The Morgan fingerprint density at radius 1 is 1.29 bits per heavy atom. The number of unbranched alkanes of at least 4 members (excludes halogenated alkanes) is 1. The molecule has 0 radical (unpaired) electrons. The molecule has 0 atom stereocenters. The van der Waals surface area contributed by atoms with Gasteiger partial charge in [0.15, 0.2) is 6.61 Å². The Morgan fingerprint density at radius 2 is 1.96 bits per heavy atom. The van der Waals surface area contributed by atoms with Crippen LogP contribution in [-0.4, -0.2) is 44.9 Å². The second-order valence-corrected chi connectivity index (χ2v) is 7.03. The molecule has 134 valence electrons. The highest BCUT2D eigenvalue weighted by atomic mass is 35.5. The number of primary sulfonamides is 1. The summed E-state index contributed by atoms with van der Waals surface area (Å²) in [5.41, 5.74) is -0.0483. The van der Waals surface area contributed by atoms with Gasteiger partial charge in [0, 0.05) is 13.1 Å². The number of carbonyl (C=O) groups is 2. The second kappa shape index (κ2) is 9.00. The zero-order chi connectivity index (χ0) is 18.3. The molecule has 7 nitrogen and oxygen atoms in total. The lowest BCUT2D eigenvalue weighted by Crippen LogP contribution is -2.35. The molecule has 0 heterocycles. The average Bonchev–Trinajstić information content (AvgIpc) is 2.52. The van der Waals surface area contributed by atoms with Crippen molar-refractivity contribution in [1.29, 1.82) is 0 Å². The minimum absolute atomic E-state index is 0.0483. The summed E-state index contributed by atoms with van der Waals surface area (Å²) in [5.74, 6) is -1.13. The third-order valence-corrected chi connectivity index (χ3v) is 4.71. The van der Waals surface area contributed by atoms with Gasteiger partial charge in [-0.15, -0.1) is 0 Å². The second-order valence-electron chi connectivity index (χ2n) is 5.09. The summed E-state index contributed by atoms with van der Waals surface area (Å²) in [7, 11) is -4.06. The molecule has 1 amide bonds. The molecular weight excluding hydrogens is 356 g/mol. The standard InChI is InChI=1S/C15H21ClN2O5S/c1-3-5-8-18(4-2)14(19)10-23-15(20)11-6-7-12(16)13(9-11)24(17,21)22/h6-7,9H,3-5,8,10H2,1-2H3,(H2,17,21,22). The van der Waals surface area contributed by atoms with E-state index in [9.17, 15) is 18.0 Å². The quantitative estimate of drug-likeness (QED) is 0.696. The number of rotatable bonds is 8. The van der Waals surface area contributed by atoms with Crippen LogP contribution in [0.25, 0.3) is 0 Å². The highest BCUT2D eigenvalue weighted by Gasteiger charge is 2.19. The molecule has 24 heavy (non-hydrogen) atoms. The van der Waals surface area contributed by atoms with Crippen LogP contribution >= 0.6 is 11.6 Å². The van der Waals surface area contributed by atoms with Crippen LogP contribution in [0.4, 0.5) is 0 Å². The number of carbonyl (C=O) groups excluding carboxylic acids is 2. The van der Waals surface area contributed by atoms with Gasteiger partial charge in [-0.1, -0.05) is 24.9 Å². The molecule has 0 unspecified atom stereocenters. The number of halogens is 1. The molecule has 0 fully saturated rings. The van der Waals surface area contributed by atoms with Gasteiger partial charge in [0.2, 0.25) is 10.0 Å².